The second kappa shape index (κ2) is 9.78. The summed E-state index contributed by atoms with van der Waals surface area (Å²) in [6.07, 6.45) is 1.27. The molecule has 0 aromatic heterocycles. The molecule has 4 rings (SSSR count). The van der Waals surface area contributed by atoms with Gasteiger partial charge in [-0.05, 0) is 65.7 Å². The summed E-state index contributed by atoms with van der Waals surface area (Å²) in [7, 11) is 0. The number of imide groups is 2. The fraction of sp³-hybridized carbons (Fsp3) is 0.0400. The summed E-state index contributed by atoms with van der Waals surface area (Å²) in [4.78, 5) is 49.3. The predicted molar refractivity (Wildman–Crippen MR) is 125 cm³/mol. The number of aromatic carboxylic acids is 1. The van der Waals surface area contributed by atoms with E-state index in [-0.39, 0.29) is 28.5 Å². The van der Waals surface area contributed by atoms with Crippen molar-refractivity contribution in [1.82, 2.24) is 5.32 Å². The van der Waals surface area contributed by atoms with E-state index in [9.17, 15) is 23.6 Å². The molecule has 35 heavy (non-hydrogen) atoms. The van der Waals surface area contributed by atoms with E-state index in [4.69, 9.17) is 21.4 Å². The molecule has 8 nitrogen and oxygen atoms in total. The lowest BCUT2D eigenvalue weighted by Gasteiger charge is -2.26. The SMILES string of the molecule is O=C1NC(=O)N(c2ccc(F)cc2)C(=O)/C1=C/c1ccc(OCc2cccc(C(=O)O)c2)c(Cl)c1. The Morgan fingerprint density at radius 1 is 1.06 bits per heavy atom. The molecule has 0 aliphatic carbocycles. The molecule has 0 radical (unpaired) electrons. The Labute approximate surface area is 203 Å². The Hall–Kier alpha value is -4.50. The Morgan fingerprint density at radius 2 is 1.80 bits per heavy atom. The first-order valence-electron chi connectivity index (χ1n) is 10.1. The molecule has 0 spiro atoms. The van der Waals surface area contributed by atoms with Crippen LogP contribution in [0, 0.1) is 5.82 Å². The molecule has 0 bridgehead atoms. The van der Waals surface area contributed by atoms with Gasteiger partial charge in [-0.25, -0.2) is 18.9 Å². The van der Waals surface area contributed by atoms with Crippen LogP contribution in [0.25, 0.3) is 6.08 Å². The van der Waals surface area contributed by atoms with Crippen LogP contribution in [-0.2, 0) is 16.2 Å². The van der Waals surface area contributed by atoms with Crippen molar-refractivity contribution in [3.05, 3.63) is 99.8 Å². The summed E-state index contributed by atoms with van der Waals surface area (Å²) in [5, 5.41) is 11.4. The average Bonchev–Trinajstić information content (AvgIpc) is 2.82. The largest absolute Gasteiger partial charge is 0.487 e. The van der Waals surface area contributed by atoms with Gasteiger partial charge in [0.05, 0.1) is 16.3 Å². The van der Waals surface area contributed by atoms with E-state index in [1.165, 1.54) is 42.5 Å². The molecule has 3 aromatic carbocycles. The van der Waals surface area contributed by atoms with Gasteiger partial charge >= 0.3 is 12.0 Å². The zero-order valence-electron chi connectivity index (χ0n) is 17.8. The topological polar surface area (TPSA) is 113 Å². The molecule has 1 fully saturated rings. The number of carboxylic acids is 1. The number of anilines is 1. The molecule has 1 aliphatic heterocycles. The molecule has 1 heterocycles. The number of carbonyl (C=O) groups is 4. The Kier molecular flexibility index (Phi) is 6.61. The summed E-state index contributed by atoms with van der Waals surface area (Å²) >= 11 is 6.30. The lowest BCUT2D eigenvalue weighted by atomic mass is 10.1. The van der Waals surface area contributed by atoms with Crippen LogP contribution in [0.1, 0.15) is 21.5 Å². The van der Waals surface area contributed by atoms with Crippen molar-refractivity contribution in [2.24, 2.45) is 0 Å². The first-order valence-corrected chi connectivity index (χ1v) is 10.5. The van der Waals surface area contributed by atoms with Crippen molar-refractivity contribution in [3.8, 4) is 5.75 Å². The van der Waals surface area contributed by atoms with Gasteiger partial charge in [-0.3, -0.25) is 14.9 Å². The molecule has 0 unspecified atom stereocenters. The average molecular weight is 495 g/mol. The number of ether oxygens (including phenoxy) is 1. The van der Waals surface area contributed by atoms with Crippen LogP contribution in [0.3, 0.4) is 0 Å². The molecule has 176 valence electrons. The number of barbiturate groups is 1. The molecule has 1 saturated heterocycles. The molecule has 3 aromatic rings. The van der Waals surface area contributed by atoms with Crippen LogP contribution >= 0.6 is 11.6 Å². The zero-order chi connectivity index (χ0) is 25.1. The van der Waals surface area contributed by atoms with Gasteiger partial charge in [0.25, 0.3) is 11.8 Å². The van der Waals surface area contributed by atoms with Gasteiger partial charge in [-0.1, -0.05) is 29.8 Å². The third-order valence-corrected chi connectivity index (χ3v) is 5.32. The minimum absolute atomic E-state index is 0.0664. The van der Waals surface area contributed by atoms with Gasteiger partial charge in [0, 0.05) is 0 Å². The highest BCUT2D eigenvalue weighted by Gasteiger charge is 2.36. The molecule has 10 heteroatoms. The second-order valence-electron chi connectivity index (χ2n) is 7.42. The predicted octanol–water partition coefficient (Wildman–Crippen LogP) is 4.42. The number of halogens is 2. The molecule has 4 amide bonds. The second-order valence-corrected chi connectivity index (χ2v) is 7.83. The Balaban J connectivity index is 1.54. The fourth-order valence-corrected chi connectivity index (χ4v) is 3.57. The summed E-state index contributed by atoms with van der Waals surface area (Å²) in [6, 6.07) is 14.5. The molecule has 1 aliphatic rings. The highest BCUT2D eigenvalue weighted by Crippen LogP contribution is 2.28. The van der Waals surface area contributed by atoms with E-state index in [1.54, 1.807) is 18.2 Å². The van der Waals surface area contributed by atoms with Crippen LogP contribution in [-0.4, -0.2) is 28.9 Å². The van der Waals surface area contributed by atoms with Gasteiger partial charge in [0.2, 0.25) is 0 Å². The van der Waals surface area contributed by atoms with Crippen LogP contribution in [0.15, 0.2) is 72.3 Å². The van der Waals surface area contributed by atoms with E-state index < -0.39 is 29.6 Å². The quantitative estimate of drug-likeness (QED) is 0.387. The highest BCUT2D eigenvalue weighted by molar-refractivity contribution is 6.39. The van der Waals surface area contributed by atoms with Crippen molar-refractivity contribution in [1.29, 1.82) is 0 Å². The van der Waals surface area contributed by atoms with Crippen molar-refractivity contribution >= 4 is 47.2 Å². The minimum Gasteiger partial charge on any atom is -0.487 e. The smallest absolute Gasteiger partial charge is 0.335 e. The van der Waals surface area contributed by atoms with Crippen molar-refractivity contribution < 1.29 is 33.4 Å². The number of hydrogen-bond acceptors (Lipinski definition) is 5. The van der Waals surface area contributed by atoms with Crippen LogP contribution in [0.5, 0.6) is 5.75 Å². The fourth-order valence-electron chi connectivity index (χ4n) is 3.33. The third-order valence-electron chi connectivity index (χ3n) is 5.02. The lowest BCUT2D eigenvalue weighted by molar-refractivity contribution is -0.122. The number of urea groups is 1. The summed E-state index contributed by atoms with van der Waals surface area (Å²) in [6.45, 7) is 0.0664. The van der Waals surface area contributed by atoms with Gasteiger partial charge in [0.15, 0.2) is 0 Å². The number of hydrogen-bond donors (Lipinski definition) is 2. The Morgan fingerprint density at radius 3 is 2.49 bits per heavy atom. The van der Waals surface area contributed by atoms with Gasteiger partial charge in [-0.2, -0.15) is 0 Å². The maximum absolute atomic E-state index is 13.2. The molecular formula is C25H16ClFN2O6. The zero-order valence-corrected chi connectivity index (χ0v) is 18.6. The van der Waals surface area contributed by atoms with Crippen molar-refractivity contribution in [2.45, 2.75) is 6.61 Å². The van der Waals surface area contributed by atoms with Gasteiger partial charge in [-0.15, -0.1) is 0 Å². The summed E-state index contributed by atoms with van der Waals surface area (Å²) in [5.41, 5.74) is 0.928. The molecular weight excluding hydrogens is 479 g/mol. The highest BCUT2D eigenvalue weighted by atomic mass is 35.5. The van der Waals surface area contributed by atoms with Gasteiger partial charge < -0.3 is 9.84 Å². The van der Waals surface area contributed by atoms with Crippen molar-refractivity contribution in [2.75, 3.05) is 4.90 Å². The molecule has 0 saturated carbocycles. The summed E-state index contributed by atoms with van der Waals surface area (Å²) < 4.78 is 18.9. The first kappa shape index (κ1) is 23.7. The van der Waals surface area contributed by atoms with Crippen molar-refractivity contribution in [3.63, 3.8) is 0 Å². The maximum Gasteiger partial charge on any atom is 0.335 e. The minimum atomic E-state index is -1.05. The number of rotatable bonds is 6. The van der Waals surface area contributed by atoms with Crippen LogP contribution in [0.2, 0.25) is 5.02 Å². The van der Waals surface area contributed by atoms with E-state index in [0.717, 1.165) is 17.0 Å². The Bertz CT molecular complexity index is 1390. The molecule has 0 atom stereocenters. The monoisotopic (exact) mass is 494 g/mol. The first-order chi connectivity index (χ1) is 16.7. The van der Waals surface area contributed by atoms with E-state index >= 15 is 0 Å². The number of amides is 4. The number of nitrogens with zero attached hydrogens (tertiary/aromatic N) is 1. The molecule has 2 N–H and O–H groups in total. The van der Waals surface area contributed by atoms with Crippen LogP contribution in [0.4, 0.5) is 14.9 Å². The van der Waals surface area contributed by atoms with E-state index in [0.29, 0.717) is 16.9 Å². The lowest BCUT2D eigenvalue weighted by Crippen LogP contribution is -2.54. The number of carboxylic acid groups (broad SMARTS) is 1. The van der Waals surface area contributed by atoms with Gasteiger partial charge in [0.1, 0.15) is 23.7 Å². The third kappa shape index (κ3) is 5.20. The maximum atomic E-state index is 13.2. The van der Waals surface area contributed by atoms with Crippen LogP contribution < -0.4 is 15.0 Å². The number of benzene rings is 3. The number of carbonyl (C=O) groups excluding carboxylic acids is 3. The van der Waals surface area contributed by atoms with E-state index in [2.05, 4.69) is 5.32 Å². The standard InChI is InChI=1S/C25H16ClFN2O6/c26-20-12-14(4-9-21(20)35-13-15-2-1-3-16(10-15)24(32)33)11-19-22(30)28-25(34)29(23(19)31)18-7-5-17(27)6-8-18/h1-12H,13H2,(H,32,33)(H,28,30,34)/b19-11+. The van der Waals surface area contributed by atoms with E-state index in [1.807, 2.05) is 0 Å². The normalized spacial score (nSPS) is 14.7. The summed E-state index contributed by atoms with van der Waals surface area (Å²) in [5.74, 6) is -3.05. The number of nitrogens with one attached hydrogen (secondary N) is 1.